The average Bonchev–Trinajstić information content (AvgIpc) is 3.63. The number of hydrogen-bond acceptors (Lipinski definition) is 4. The first-order chi connectivity index (χ1) is 31.2. The van der Waals surface area contributed by atoms with Gasteiger partial charge in [-0.25, -0.2) is 0 Å². The van der Waals surface area contributed by atoms with E-state index in [0.29, 0.717) is 53.3 Å². The fourth-order valence-electron chi connectivity index (χ4n) is 28.6. The molecule has 0 aromatic rings. The lowest BCUT2D eigenvalue weighted by Crippen LogP contribution is -3.09. The summed E-state index contributed by atoms with van der Waals surface area (Å²) in [5, 5.41) is 0. The van der Waals surface area contributed by atoms with Gasteiger partial charge in [-0.3, -0.25) is 29.0 Å². The Hall–Kier alpha value is -1.98. The molecule has 13 aliphatic rings. The van der Waals surface area contributed by atoms with E-state index in [0.717, 1.165) is 57.8 Å². The number of imide groups is 2. The lowest BCUT2D eigenvalue weighted by Gasteiger charge is -3.12. The second kappa shape index (κ2) is 12.3. The number of hydrogen-bond donors (Lipinski definition) is 0. The van der Waals surface area contributed by atoms with Crippen molar-refractivity contribution in [2.45, 2.75) is 194 Å². The van der Waals surface area contributed by atoms with Gasteiger partial charge >= 0.3 is 0 Å². The summed E-state index contributed by atoms with van der Waals surface area (Å²) in [4.78, 5) is 63.5. The maximum atomic E-state index is 15.8. The molecule has 11 aliphatic carbocycles. The number of carbonyl (C=O) groups is 4. The molecule has 2 saturated heterocycles. The molecule has 0 spiro atoms. The van der Waals surface area contributed by atoms with Gasteiger partial charge in [0.05, 0.1) is 0 Å². The number of amides is 4. The highest BCUT2D eigenvalue weighted by molar-refractivity contribution is 6.02. The van der Waals surface area contributed by atoms with Gasteiger partial charge in [-0.2, -0.15) is 0 Å². The molecular formula is C61H90N2O4. The number of allylic oxidation sites excluding steroid dienone is 2. The summed E-state index contributed by atoms with van der Waals surface area (Å²) in [6.07, 6.45) is 12.6. The van der Waals surface area contributed by atoms with Crippen LogP contribution < -0.4 is 0 Å². The summed E-state index contributed by atoms with van der Waals surface area (Å²) < 4.78 is 0. The third-order valence-electron chi connectivity index (χ3n) is 31.3. The highest BCUT2D eigenvalue weighted by Gasteiger charge is 3.13. The Morgan fingerprint density at radius 2 is 1.00 bits per heavy atom. The molecule has 28 unspecified atom stereocenters. The van der Waals surface area contributed by atoms with Crippen LogP contribution in [0.2, 0.25) is 0 Å². The van der Waals surface area contributed by atoms with Gasteiger partial charge in [0.1, 0.15) is 0 Å². The number of fused-ring (bicyclic) bond motifs is 16. The van der Waals surface area contributed by atoms with E-state index >= 15 is 9.59 Å². The van der Waals surface area contributed by atoms with Crippen LogP contribution >= 0.6 is 0 Å². The summed E-state index contributed by atoms with van der Waals surface area (Å²) >= 11 is 0. The number of piperidine rings is 2. The zero-order chi connectivity index (χ0) is 48.2. The van der Waals surface area contributed by atoms with Crippen LogP contribution in [0.25, 0.3) is 0 Å². The van der Waals surface area contributed by atoms with E-state index in [9.17, 15) is 9.59 Å². The van der Waals surface area contributed by atoms with Crippen LogP contribution in [0, 0.1) is 149 Å². The Kier molecular flexibility index (Phi) is 8.22. The van der Waals surface area contributed by atoms with Crippen molar-refractivity contribution in [3.8, 4) is 0 Å². The van der Waals surface area contributed by atoms with Crippen molar-refractivity contribution in [3.05, 3.63) is 11.6 Å². The Morgan fingerprint density at radius 3 is 1.52 bits per heavy atom. The minimum Gasteiger partial charge on any atom is -0.279 e. The highest BCUT2D eigenvalue weighted by atomic mass is 16.2. The van der Waals surface area contributed by atoms with Gasteiger partial charge in [0.25, 0.3) is 0 Å². The number of rotatable bonds is 6. The van der Waals surface area contributed by atoms with Crippen LogP contribution in [0.1, 0.15) is 182 Å². The Labute approximate surface area is 405 Å². The molecule has 0 N–H and O–H groups in total. The molecule has 2 heterocycles. The third kappa shape index (κ3) is 3.59. The molecule has 13 rings (SSSR count). The SMILES string of the molecule is CCC(C)N1C(=O)C2CCC3C4CCC5C(=O)N(C(C)CC)C(=O)C6C(C(C)C7C(C)C8(C)C7(C)C7(C)C8(C)C8(C)C9(C)C%10(C)C=C(C)C(C)(C%10)C9(C)C78C)CC(C7CCC(C1=O)C2C37)C4C56. The molecule has 0 radical (unpaired) electrons. The molecule has 10 saturated carbocycles. The molecule has 4 amide bonds. The largest absolute Gasteiger partial charge is 0.279 e. The van der Waals surface area contributed by atoms with Crippen molar-refractivity contribution >= 4 is 23.6 Å². The number of carbonyl (C=O) groups excluding carboxylic acids is 4. The molecule has 6 heteroatoms. The van der Waals surface area contributed by atoms with Gasteiger partial charge < -0.3 is 0 Å². The summed E-state index contributed by atoms with van der Waals surface area (Å²) in [5.74, 6) is 4.91. The predicted octanol–water partition coefficient (Wildman–Crippen LogP) is 12.5. The van der Waals surface area contributed by atoms with Crippen molar-refractivity contribution in [3.63, 3.8) is 0 Å². The van der Waals surface area contributed by atoms with E-state index in [1.54, 1.807) is 10.5 Å². The molecule has 2 bridgehead atoms. The Morgan fingerprint density at radius 1 is 0.552 bits per heavy atom. The van der Waals surface area contributed by atoms with Crippen LogP contribution in [0.4, 0.5) is 0 Å². The second-order valence-electron chi connectivity index (χ2n) is 29.6. The zero-order valence-electron chi connectivity index (χ0n) is 45.1. The van der Waals surface area contributed by atoms with Crippen LogP contribution in [-0.4, -0.2) is 45.5 Å². The summed E-state index contributed by atoms with van der Waals surface area (Å²) in [5.41, 5.74) is 3.30. The maximum absolute atomic E-state index is 15.8. The monoisotopic (exact) mass is 915 g/mol. The van der Waals surface area contributed by atoms with Gasteiger partial charge in [0.15, 0.2) is 0 Å². The quantitative estimate of drug-likeness (QED) is 0.151. The first-order valence-corrected chi connectivity index (χ1v) is 28.6. The number of nitrogens with zero attached hydrogens (tertiary/aromatic N) is 2. The van der Waals surface area contributed by atoms with E-state index in [1.165, 1.54) is 6.42 Å². The van der Waals surface area contributed by atoms with E-state index < -0.39 is 0 Å². The third-order valence-corrected chi connectivity index (χ3v) is 31.3. The lowest BCUT2D eigenvalue weighted by atomic mass is 8.91. The molecule has 12 fully saturated rings. The van der Waals surface area contributed by atoms with Gasteiger partial charge in [-0.1, -0.05) is 109 Å². The van der Waals surface area contributed by atoms with E-state index in [-0.39, 0.29) is 131 Å². The van der Waals surface area contributed by atoms with Crippen LogP contribution in [0.5, 0.6) is 0 Å². The first kappa shape index (κ1) is 44.9. The maximum Gasteiger partial charge on any atom is 0.233 e. The first-order valence-electron chi connectivity index (χ1n) is 28.6. The normalized spacial score (nSPS) is 63.4. The summed E-state index contributed by atoms with van der Waals surface area (Å²) in [6.45, 7) is 43.7. The topological polar surface area (TPSA) is 74.8 Å². The summed E-state index contributed by atoms with van der Waals surface area (Å²) in [6, 6.07) is -0.123. The smallest absolute Gasteiger partial charge is 0.233 e. The Balaban J connectivity index is 0.920. The van der Waals surface area contributed by atoms with E-state index in [4.69, 9.17) is 0 Å². The lowest BCUT2D eigenvalue weighted by molar-refractivity contribution is -0.661. The van der Waals surface area contributed by atoms with Crippen molar-refractivity contribution in [2.75, 3.05) is 0 Å². The molecule has 0 aromatic heterocycles. The molecular weight excluding hydrogens is 825 g/mol. The molecule has 67 heavy (non-hydrogen) atoms. The fraction of sp³-hybridized carbons (Fsp3) is 0.902. The number of likely N-dealkylation sites (tertiary alicyclic amines) is 2. The van der Waals surface area contributed by atoms with Crippen LogP contribution in [0.15, 0.2) is 11.6 Å². The fourth-order valence-corrected chi connectivity index (χ4v) is 28.6. The zero-order valence-corrected chi connectivity index (χ0v) is 45.1. The van der Waals surface area contributed by atoms with Crippen molar-refractivity contribution in [1.82, 2.24) is 9.80 Å². The minimum atomic E-state index is -0.104. The van der Waals surface area contributed by atoms with Gasteiger partial charge in [0, 0.05) is 35.8 Å². The van der Waals surface area contributed by atoms with Crippen LogP contribution in [-0.2, 0) is 19.2 Å². The van der Waals surface area contributed by atoms with Crippen molar-refractivity contribution < 1.29 is 19.2 Å². The molecule has 0 aromatic carbocycles. The van der Waals surface area contributed by atoms with E-state index in [2.05, 4.69) is 124 Å². The molecule has 6 nitrogen and oxygen atoms in total. The predicted molar refractivity (Wildman–Crippen MR) is 262 cm³/mol. The van der Waals surface area contributed by atoms with Crippen molar-refractivity contribution in [2.24, 2.45) is 149 Å². The molecule has 2 aliphatic heterocycles. The standard InChI is InChI=1S/C61H90N2O4/c1-18-30(4)62-48(64)37-23-20-34-35-21-25-39-45-43(35)41(36-22-24-38(49(62)65)44(37)42(34)36)26-40(46(45)51(67)63(50(39)66)31(5)19-2)32(6)47-33(7)54(10)55(47,11)59(15)58(54,14)60(16)56(12)52(8)27-29(3)53(9,28-52)57(56,13)61(59,60)17/h27,30-47H,18-26,28H2,1-17H3. The minimum absolute atomic E-state index is 0.0345. The molecule has 368 valence electrons. The van der Waals surface area contributed by atoms with Gasteiger partial charge in [-0.15, -0.1) is 0 Å². The Bertz CT molecular complexity index is 2370. The summed E-state index contributed by atoms with van der Waals surface area (Å²) in [7, 11) is 0. The van der Waals surface area contributed by atoms with Gasteiger partial charge in [-0.05, 0) is 210 Å². The van der Waals surface area contributed by atoms with Crippen LogP contribution in [0.3, 0.4) is 0 Å². The molecule has 28 atom stereocenters. The van der Waals surface area contributed by atoms with E-state index in [1.807, 2.05) is 4.90 Å². The highest BCUT2D eigenvalue weighted by Crippen LogP contribution is 3.16. The van der Waals surface area contributed by atoms with Crippen molar-refractivity contribution in [1.29, 1.82) is 0 Å². The average molecular weight is 915 g/mol. The van der Waals surface area contributed by atoms with Gasteiger partial charge in [0.2, 0.25) is 23.6 Å². The second-order valence-corrected chi connectivity index (χ2v) is 29.6.